The molecule has 9 heteroatoms. The number of benzene rings is 2. The number of carbonyl (C=O) groups excluding carboxylic acids is 1. The van der Waals surface area contributed by atoms with Crippen LogP contribution in [0.4, 0.5) is 20.2 Å². The molecule has 1 aromatic heterocycles. The van der Waals surface area contributed by atoms with Gasteiger partial charge in [-0.3, -0.25) is 4.79 Å². The predicted octanol–water partition coefficient (Wildman–Crippen LogP) is 4.04. The molecule has 0 aliphatic rings. The zero-order chi connectivity index (χ0) is 21.0. The fraction of sp³-hybridized carbons (Fsp3) is 0.250. The van der Waals surface area contributed by atoms with Crippen LogP contribution in [0.3, 0.4) is 0 Å². The van der Waals surface area contributed by atoms with Crippen molar-refractivity contribution >= 4 is 29.0 Å². The number of halogens is 2. The Kier molecular flexibility index (Phi) is 6.48. The number of thioether (sulfide) groups is 1. The van der Waals surface area contributed by atoms with Gasteiger partial charge >= 0.3 is 0 Å². The van der Waals surface area contributed by atoms with Gasteiger partial charge in [-0.25, -0.2) is 8.78 Å². The van der Waals surface area contributed by atoms with Gasteiger partial charge in [-0.05, 0) is 43.3 Å². The second kappa shape index (κ2) is 9.04. The second-order valence-corrected chi connectivity index (χ2v) is 7.40. The van der Waals surface area contributed by atoms with E-state index >= 15 is 0 Å². The molecule has 1 heterocycles. The summed E-state index contributed by atoms with van der Waals surface area (Å²) < 4.78 is 28.6. The molecule has 1 N–H and O–H groups in total. The number of nitrogens with one attached hydrogen (secondary N) is 1. The van der Waals surface area contributed by atoms with Crippen LogP contribution in [0.25, 0.3) is 11.4 Å². The topological polar surface area (TPSA) is 63.1 Å². The van der Waals surface area contributed by atoms with Crippen molar-refractivity contribution in [3.8, 4) is 11.4 Å². The highest BCUT2D eigenvalue weighted by molar-refractivity contribution is 7.99. The van der Waals surface area contributed by atoms with E-state index in [1.54, 1.807) is 0 Å². The fourth-order valence-electron chi connectivity index (χ4n) is 2.71. The Labute approximate surface area is 171 Å². The minimum atomic E-state index is -0.816. The van der Waals surface area contributed by atoms with Gasteiger partial charge < -0.3 is 14.8 Å². The summed E-state index contributed by atoms with van der Waals surface area (Å²) >= 11 is 1.20. The third-order valence-corrected chi connectivity index (χ3v) is 5.18. The van der Waals surface area contributed by atoms with Crippen molar-refractivity contribution in [3.05, 3.63) is 54.1 Å². The third kappa shape index (κ3) is 4.92. The van der Waals surface area contributed by atoms with E-state index in [9.17, 15) is 13.6 Å². The average Bonchev–Trinajstić information content (AvgIpc) is 3.11. The highest BCUT2D eigenvalue weighted by Gasteiger charge is 2.15. The van der Waals surface area contributed by atoms with Crippen LogP contribution in [-0.2, 0) is 11.3 Å². The molecule has 0 atom stereocenters. The molecule has 0 bridgehead atoms. The Bertz CT molecular complexity index is 1000. The summed E-state index contributed by atoms with van der Waals surface area (Å²) in [5, 5.41) is 11.5. The van der Waals surface area contributed by atoms with Crippen molar-refractivity contribution in [2.24, 2.45) is 0 Å². The Hall–Kier alpha value is -2.94. The molecule has 0 aliphatic heterocycles. The fourth-order valence-corrected chi connectivity index (χ4v) is 3.51. The first kappa shape index (κ1) is 20.8. The van der Waals surface area contributed by atoms with Crippen molar-refractivity contribution in [3.63, 3.8) is 0 Å². The van der Waals surface area contributed by atoms with Crippen molar-refractivity contribution in [1.29, 1.82) is 0 Å². The smallest absolute Gasteiger partial charge is 0.234 e. The summed E-state index contributed by atoms with van der Waals surface area (Å²) in [7, 11) is 3.95. The first-order chi connectivity index (χ1) is 13.9. The molecule has 0 unspecified atom stereocenters. The van der Waals surface area contributed by atoms with E-state index in [2.05, 4.69) is 15.5 Å². The molecular formula is C20H21F2N5OS. The van der Waals surface area contributed by atoms with Gasteiger partial charge in [0.25, 0.3) is 0 Å². The van der Waals surface area contributed by atoms with Crippen LogP contribution in [0, 0.1) is 11.6 Å². The van der Waals surface area contributed by atoms with Crippen molar-refractivity contribution in [2.45, 2.75) is 18.6 Å². The molecule has 2 aromatic carbocycles. The van der Waals surface area contributed by atoms with Crippen molar-refractivity contribution in [1.82, 2.24) is 14.8 Å². The van der Waals surface area contributed by atoms with Crippen LogP contribution in [0.2, 0.25) is 0 Å². The van der Waals surface area contributed by atoms with Crippen LogP contribution < -0.4 is 10.2 Å². The van der Waals surface area contributed by atoms with Crippen LogP contribution in [0.5, 0.6) is 0 Å². The summed E-state index contributed by atoms with van der Waals surface area (Å²) in [6.07, 6.45) is 0. The Balaban J connectivity index is 1.69. The number of carbonyl (C=O) groups is 1. The molecule has 0 spiro atoms. The lowest BCUT2D eigenvalue weighted by atomic mass is 10.2. The third-order valence-electron chi connectivity index (χ3n) is 4.21. The Morgan fingerprint density at radius 3 is 2.48 bits per heavy atom. The van der Waals surface area contributed by atoms with Gasteiger partial charge in [0.15, 0.2) is 11.0 Å². The number of aromatic nitrogens is 3. The van der Waals surface area contributed by atoms with Crippen molar-refractivity contribution < 1.29 is 13.6 Å². The first-order valence-electron chi connectivity index (χ1n) is 8.97. The van der Waals surface area contributed by atoms with Gasteiger partial charge in [-0.15, -0.1) is 10.2 Å². The van der Waals surface area contributed by atoms with Crippen LogP contribution in [0.1, 0.15) is 6.92 Å². The Morgan fingerprint density at radius 2 is 1.86 bits per heavy atom. The molecule has 29 heavy (non-hydrogen) atoms. The maximum Gasteiger partial charge on any atom is 0.234 e. The van der Waals surface area contributed by atoms with E-state index in [4.69, 9.17) is 0 Å². The molecule has 0 fully saturated rings. The number of amides is 1. The number of nitrogens with zero attached hydrogens (tertiary/aromatic N) is 4. The number of hydrogen-bond donors (Lipinski definition) is 1. The first-order valence-corrected chi connectivity index (χ1v) is 9.96. The quantitative estimate of drug-likeness (QED) is 0.588. The van der Waals surface area contributed by atoms with Gasteiger partial charge in [0.2, 0.25) is 5.91 Å². The average molecular weight is 417 g/mol. The number of anilines is 2. The molecule has 0 aliphatic carbocycles. The van der Waals surface area contributed by atoms with E-state index < -0.39 is 17.5 Å². The minimum Gasteiger partial charge on any atom is -0.378 e. The van der Waals surface area contributed by atoms with E-state index in [-0.39, 0.29) is 11.4 Å². The van der Waals surface area contributed by atoms with Crippen molar-refractivity contribution in [2.75, 3.05) is 30.1 Å². The zero-order valence-corrected chi connectivity index (χ0v) is 17.1. The highest BCUT2D eigenvalue weighted by atomic mass is 32.2. The highest BCUT2D eigenvalue weighted by Crippen LogP contribution is 2.26. The maximum atomic E-state index is 13.7. The molecule has 1 amide bonds. The lowest BCUT2D eigenvalue weighted by Crippen LogP contribution is -2.15. The van der Waals surface area contributed by atoms with Gasteiger partial charge in [-0.2, -0.15) is 0 Å². The molecule has 6 nitrogen and oxygen atoms in total. The largest absolute Gasteiger partial charge is 0.378 e. The van der Waals surface area contributed by atoms with E-state index in [1.165, 1.54) is 17.8 Å². The summed E-state index contributed by atoms with van der Waals surface area (Å²) in [4.78, 5) is 14.2. The van der Waals surface area contributed by atoms with E-state index in [0.717, 1.165) is 23.4 Å². The lowest BCUT2D eigenvalue weighted by Gasteiger charge is -2.13. The Morgan fingerprint density at radius 1 is 1.14 bits per heavy atom. The van der Waals surface area contributed by atoms with Gasteiger partial charge in [0.05, 0.1) is 11.4 Å². The summed E-state index contributed by atoms with van der Waals surface area (Å²) in [5.41, 5.74) is 1.95. The molecule has 152 valence electrons. The summed E-state index contributed by atoms with van der Waals surface area (Å²) in [6.45, 7) is 2.60. The van der Waals surface area contributed by atoms with Gasteiger partial charge in [-0.1, -0.05) is 11.8 Å². The minimum absolute atomic E-state index is 0.0223. The predicted molar refractivity (Wildman–Crippen MR) is 111 cm³/mol. The monoisotopic (exact) mass is 417 g/mol. The van der Waals surface area contributed by atoms with Gasteiger partial charge in [0, 0.05) is 38.0 Å². The molecule has 0 radical (unpaired) electrons. The summed E-state index contributed by atoms with van der Waals surface area (Å²) in [6, 6.07) is 11.0. The van der Waals surface area contributed by atoms with E-state index in [0.29, 0.717) is 17.5 Å². The molecule has 3 aromatic rings. The molecular weight excluding hydrogens is 396 g/mol. The molecule has 3 rings (SSSR count). The van der Waals surface area contributed by atoms with Gasteiger partial charge in [0.1, 0.15) is 11.6 Å². The SMILES string of the molecule is CCn1c(SCC(=O)Nc2ccc(F)cc2F)nnc1-c1ccc(N(C)C)cc1. The standard InChI is InChI=1S/C20H21F2N5OS/c1-4-27-19(13-5-8-15(9-6-13)26(2)3)24-25-20(27)29-12-18(28)23-17-10-7-14(21)11-16(17)22/h5-11H,4,12H2,1-3H3,(H,23,28). The van der Waals surface area contributed by atoms with Crippen LogP contribution in [-0.4, -0.2) is 40.5 Å². The second-order valence-electron chi connectivity index (χ2n) is 6.45. The van der Waals surface area contributed by atoms with E-state index in [1.807, 2.05) is 54.8 Å². The lowest BCUT2D eigenvalue weighted by molar-refractivity contribution is -0.113. The summed E-state index contributed by atoms with van der Waals surface area (Å²) in [5.74, 6) is -1.19. The van der Waals surface area contributed by atoms with Crippen LogP contribution >= 0.6 is 11.8 Å². The zero-order valence-electron chi connectivity index (χ0n) is 16.3. The van der Waals surface area contributed by atoms with Crippen LogP contribution in [0.15, 0.2) is 47.6 Å². The molecule has 0 saturated heterocycles. The maximum absolute atomic E-state index is 13.7. The molecule has 0 saturated carbocycles. The number of rotatable bonds is 7. The normalized spacial score (nSPS) is 10.8. The number of hydrogen-bond acceptors (Lipinski definition) is 5.